The number of halogens is 1. The average molecular weight is 298 g/mol. The van der Waals surface area contributed by atoms with Gasteiger partial charge in [-0.3, -0.25) is 4.98 Å². The van der Waals surface area contributed by atoms with Crippen LogP contribution in [0.3, 0.4) is 0 Å². The van der Waals surface area contributed by atoms with Crippen LogP contribution >= 0.6 is 22.6 Å². The number of rotatable bonds is 2. The van der Waals surface area contributed by atoms with E-state index >= 15 is 0 Å². The molecule has 2 nitrogen and oxygen atoms in total. The van der Waals surface area contributed by atoms with E-state index in [0.29, 0.717) is 0 Å². The van der Waals surface area contributed by atoms with Gasteiger partial charge in [-0.05, 0) is 41.6 Å². The molecule has 0 aliphatic heterocycles. The lowest BCUT2D eigenvalue weighted by Gasteiger charge is -2.07. The summed E-state index contributed by atoms with van der Waals surface area (Å²) in [6, 6.07) is 8.25. The first-order valence-electron chi connectivity index (χ1n) is 4.60. The van der Waals surface area contributed by atoms with Crippen LogP contribution in [0.25, 0.3) is 10.9 Å². The van der Waals surface area contributed by atoms with Crippen molar-refractivity contribution in [1.82, 2.24) is 4.98 Å². The summed E-state index contributed by atoms with van der Waals surface area (Å²) in [6.45, 7) is 3.03. The Bertz CT molecular complexity index is 454. The van der Waals surface area contributed by atoms with Crippen molar-refractivity contribution in [3.05, 3.63) is 34.0 Å². The highest BCUT2D eigenvalue weighted by atomic mass is 127. The maximum absolute atomic E-state index is 4.38. The number of hydrogen-bond donors (Lipinski definition) is 1. The molecule has 0 saturated carbocycles. The molecule has 1 heterocycles. The highest BCUT2D eigenvalue weighted by Crippen LogP contribution is 2.24. The molecule has 2 aromatic rings. The summed E-state index contributed by atoms with van der Waals surface area (Å²) in [5.74, 6) is 0. The van der Waals surface area contributed by atoms with Crippen LogP contribution < -0.4 is 5.32 Å². The number of hydrogen-bond acceptors (Lipinski definition) is 2. The van der Waals surface area contributed by atoms with E-state index in [0.717, 1.165) is 17.7 Å². The van der Waals surface area contributed by atoms with Gasteiger partial charge in [-0.2, -0.15) is 0 Å². The number of anilines is 1. The number of aromatic nitrogens is 1. The topological polar surface area (TPSA) is 24.9 Å². The summed E-state index contributed by atoms with van der Waals surface area (Å²) < 4.78 is 1.19. The fourth-order valence-corrected chi connectivity index (χ4v) is 2.12. The summed E-state index contributed by atoms with van der Waals surface area (Å²) in [5.41, 5.74) is 2.24. The van der Waals surface area contributed by atoms with Crippen molar-refractivity contribution in [3.8, 4) is 0 Å². The first-order chi connectivity index (χ1) is 6.83. The van der Waals surface area contributed by atoms with Crippen LogP contribution in [0, 0.1) is 3.57 Å². The molecule has 1 aromatic heterocycles. The molecule has 0 saturated heterocycles. The van der Waals surface area contributed by atoms with Crippen LogP contribution in [-0.2, 0) is 0 Å². The summed E-state index contributed by atoms with van der Waals surface area (Å²) in [5, 5.41) is 4.53. The normalized spacial score (nSPS) is 10.4. The molecule has 0 radical (unpaired) electrons. The Morgan fingerprint density at radius 3 is 3.00 bits per heavy atom. The number of nitrogens with one attached hydrogen (secondary N) is 1. The predicted molar refractivity (Wildman–Crippen MR) is 68.6 cm³/mol. The quantitative estimate of drug-likeness (QED) is 0.861. The second-order valence-corrected chi connectivity index (χ2v) is 4.19. The Labute approximate surface area is 96.9 Å². The zero-order valence-electron chi connectivity index (χ0n) is 7.92. The number of fused-ring (bicyclic) bond motifs is 1. The maximum atomic E-state index is 4.38. The van der Waals surface area contributed by atoms with Gasteiger partial charge in [0.2, 0.25) is 0 Å². The van der Waals surface area contributed by atoms with Gasteiger partial charge < -0.3 is 5.32 Å². The molecule has 0 spiro atoms. The van der Waals surface area contributed by atoms with E-state index < -0.39 is 0 Å². The summed E-state index contributed by atoms with van der Waals surface area (Å²) >= 11 is 2.31. The molecule has 0 bridgehead atoms. The van der Waals surface area contributed by atoms with Crippen molar-refractivity contribution in [2.24, 2.45) is 0 Å². The largest absolute Gasteiger partial charge is 0.385 e. The van der Waals surface area contributed by atoms with Crippen LogP contribution in [0.15, 0.2) is 30.5 Å². The van der Waals surface area contributed by atoms with Gasteiger partial charge in [0, 0.05) is 27.4 Å². The second kappa shape index (κ2) is 4.13. The summed E-state index contributed by atoms with van der Waals surface area (Å²) in [7, 11) is 0. The van der Waals surface area contributed by atoms with Gasteiger partial charge in [0.1, 0.15) is 0 Å². The van der Waals surface area contributed by atoms with Gasteiger partial charge >= 0.3 is 0 Å². The highest BCUT2D eigenvalue weighted by molar-refractivity contribution is 14.1. The third-order valence-corrected chi connectivity index (χ3v) is 2.96. The molecule has 0 amide bonds. The minimum absolute atomic E-state index is 0.935. The lowest BCUT2D eigenvalue weighted by atomic mass is 10.2. The van der Waals surface area contributed by atoms with Crippen LogP contribution in [0.4, 0.5) is 5.69 Å². The van der Waals surface area contributed by atoms with Crippen LogP contribution in [-0.4, -0.2) is 11.5 Å². The molecular formula is C11H11IN2. The molecule has 0 aliphatic rings. The lowest BCUT2D eigenvalue weighted by molar-refractivity contribution is 1.21. The third-order valence-electron chi connectivity index (χ3n) is 2.09. The number of benzene rings is 1. The number of pyridine rings is 1. The Morgan fingerprint density at radius 2 is 2.21 bits per heavy atom. The van der Waals surface area contributed by atoms with E-state index in [-0.39, 0.29) is 0 Å². The highest BCUT2D eigenvalue weighted by Gasteiger charge is 2.02. The molecule has 3 heteroatoms. The van der Waals surface area contributed by atoms with Crippen molar-refractivity contribution >= 4 is 39.2 Å². The van der Waals surface area contributed by atoms with Crippen LogP contribution in [0.1, 0.15) is 6.92 Å². The number of nitrogens with zero attached hydrogens (tertiary/aromatic N) is 1. The van der Waals surface area contributed by atoms with Crippen molar-refractivity contribution in [3.63, 3.8) is 0 Å². The number of para-hydroxylation sites is 1. The van der Waals surface area contributed by atoms with Crippen molar-refractivity contribution in [2.75, 3.05) is 11.9 Å². The van der Waals surface area contributed by atoms with E-state index in [1.54, 1.807) is 0 Å². The maximum Gasteiger partial charge on any atom is 0.0856 e. The summed E-state index contributed by atoms with van der Waals surface area (Å²) in [6.07, 6.45) is 1.85. The molecule has 0 unspecified atom stereocenters. The zero-order chi connectivity index (χ0) is 9.97. The van der Waals surface area contributed by atoms with Gasteiger partial charge in [-0.1, -0.05) is 12.1 Å². The second-order valence-electron chi connectivity index (χ2n) is 3.02. The molecule has 72 valence electrons. The van der Waals surface area contributed by atoms with Gasteiger partial charge in [-0.25, -0.2) is 0 Å². The lowest BCUT2D eigenvalue weighted by Crippen LogP contribution is -1.98. The standard InChI is InChI=1S/C11H11IN2/c1-2-13-10-6-7-14-11-8(10)4-3-5-9(11)12/h3-7H,2H2,1H3,(H,13,14). The van der Waals surface area contributed by atoms with E-state index in [9.17, 15) is 0 Å². The first-order valence-corrected chi connectivity index (χ1v) is 5.68. The van der Waals surface area contributed by atoms with E-state index in [1.807, 2.05) is 12.3 Å². The smallest absolute Gasteiger partial charge is 0.0856 e. The average Bonchev–Trinajstić information content (AvgIpc) is 2.20. The van der Waals surface area contributed by atoms with E-state index in [4.69, 9.17) is 0 Å². The van der Waals surface area contributed by atoms with Gasteiger partial charge in [0.15, 0.2) is 0 Å². The molecule has 2 rings (SSSR count). The van der Waals surface area contributed by atoms with Crippen LogP contribution in [0.5, 0.6) is 0 Å². The Morgan fingerprint density at radius 1 is 1.36 bits per heavy atom. The van der Waals surface area contributed by atoms with Crippen molar-refractivity contribution < 1.29 is 0 Å². The molecule has 1 N–H and O–H groups in total. The Balaban J connectivity index is 2.68. The van der Waals surface area contributed by atoms with E-state index in [2.05, 4.69) is 58.0 Å². The summed E-state index contributed by atoms with van der Waals surface area (Å²) in [4.78, 5) is 4.38. The first kappa shape index (κ1) is 9.71. The van der Waals surface area contributed by atoms with E-state index in [1.165, 1.54) is 8.96 Å². The molecule has 0 aliphatic carbocycles. The molecule has 14 heavy (non-hydrogen) atoms. The monoisotopic (exact) mass is 298 g/mol. The fraction of sp³-hybridized carbons (Fsp3) is 0.182. The molecular weight excluding hydrogens is 287 g/mol. The fourth-order valence-electron chi connectivity index (χ4n) is 1.48. The van der Waals surface area contributed by atoms with Crippen molar-refractivity contribution in [2.45, 2.75) is 6.92 Å². The predicted octanol–water partition coefficient (Wildman–Crippen LogP) is 3.27. The van der Waals surface area contributed by atoms with Crippen LogP contribution in [0.2, 0.25) is 0 Å². The minimum atomic E-state index is 0.935. The van der Waals surface area contributed by atoms with Gasteiger partial charge in [0.25, 0.3) is 0 Å². The molecule has 1 aromatic carbocycles. The third kappa shape index (κ3) is 1.68. The SMILES string of the molecule is CCNc1ccnc2c(I)cccc12. The van der Waals surface area contributed by atoms with Gasteiger partial charge in [0.05, 0.1) is 5.52 Å². The van der Waals surface area contributed by atoms with Crippen molar-refractivity contribution in [1.29, 1.82) is 0 Å². The molecule has 0 fully saturated rings. The zero-order valence-corrected chi connectivity index (χ0v) is 10.1. The Kier molecular flexibility index (Phi) is 2.86. The minimum Gasteiger partial charge on any atom is -0.385 e. The Hall–Kier alpha value is -0.840. The van der Waals surface area contributed by atoms with Gasteiger partial charge in [-0.15, -0.1) is 0 Å². The molecule has 0 atom stereocenters.